The van der Waals surface area contributed by atoms with Crippen molar-refractivity contribution < 1.29 is 24.2 Å². The molecular weight excluding hydrogens is 336 g/mol. The third-order valence-corrected chi connectivity index (χ3v) is 3.50. The van der Waals surface area contributed by atoms with Crippen molar-refractivity contribution in [2.45, 2.75) is 0 Å². The number of amides is 2. The van der Waals surface area contributed by atoms with Gasteiger partial charge in [0.2, 0.25) is 6.79 Å². The van der Waals surface area contributed by atoms with Gasteiger partial charge in [-0.3, -0.25) is 0 Å². The molecule has 7 nitrogen and oxygen atoms in total. The third-order valence-electron chi connectivity index (χ3n) is 3.50. The predicted octanol–water partition coefficient (Wildman–Crippen LogP) is 3.46. The highest BCUT2D eigenvalue weighted by molar-refractivity contribution is 5.91. The maximum Gasteiger partial charge on any atom is 0.335 e. The predicted molar refractivity (Wildman–Crippen MR) is 96.3 cm³/mol. The minimum Gasteiger partial charge on any atom is -0.478 e. The second-order valence-corrected chi connectivity index (χ2v) is 5.31. The Labute approximate surface area is 149 Å². The number of nitrogens with one attached hydrogen (secondary N) is 2. The van der Waals surface area contributed by atoms with Crippen molar-refractivity contribution in [3.63, 3.8) is 0 Å². The van der Waals surface area contributed by atoms with Crippen LogP contribution in [0.3, 0.4) is 0 Å². The molecule has 0 unspecified atom stereocenters. The van der Waals surface area contributed by atoms with Crippen LogP contribution in [0.2, 0.25) is 0 Å². The number of hydrogen-bond donors (Lipinski definition) is 3. The fraction of sp³-hybridized carbons (Fsp3) is 0.0526. The van der Waals surface area contributed by atoms with Gasteiger partial charge in [-0.1, -0.05) is 18.2 Å². The lowest BCUT2D eigenvalue weighted by Crippen LogP contribution is -2.23. The van der Waals surface area contributed by atoms with E-state index >= 15 is 0 Å². The number of carboxylic acid groups (broad SMARTS) is 1. The highest BCUT2D eigenvalue weighted by Gasteiger charge is 2.11. The molecule has 2 aromatic carbocycles. The first-order valence-electron chi connectivity index (χ1n) is 7.75. The number of carboxylic acids is 1. The minimum absolute atomic E-state index is 0.157. The fourth-order valence-electron chi connectivity index (χ4n) is 2.23. The zero-order valence-corrected chi connectivity index (χ0v) is 13.6. The largest absolute Gasteiger partial charge is 0.478 e. The van der Waals surface area contributed by atoms with Gasteiger partial charge in [-0.2, -0.15) is 0 Å². The molecule has 7 heteroatoms. The number of urea groups is 1. The molecule has 0 fully saturated rings. The van der Waals surface area contributed by atoms with Gasteiger partial charge in [0, 0.05) is 11.9 Å². The molecule has 0 bridgehead atoms. The van der Waals surface area contributed by atoms with E-state index in [0.717, 1.165) is 11.3 Å². The third kappa shape index (κ3) is 4.41. The highest BCUT2D eigenvalue weighted by atomic mass is 16.7. The Kier molecular flexibility index (Phi) is 5.19. The van der Waals surface area contributed by atoms with Crippen LogP contribution >= 0.6 is 0 Å². The summed E-state index contributed by atoms with van der Waals surface area (Å²) in [5.74, 6) is 0.424. The molecule has 0 aromatic heterocycles. The second-order valence-electron chi connectivity index (χ2n) is 5.31. The van der Waals surface area contributed by atoms with Crippen LogP contribution in [0.25, 0.3) is 6.08 Å². The normalized spacial score (nSPS) is 12.5. The number of benzene rings is 2. The van der Waals surface area contributed by atoms with E-state index in [0.29, 0.717) is 11.4 Å². The summed E-state index contributed by atoms with van der Waals surface area (Å²) >= 11 is 0. The zero-order valence-electron chi connectivity index (χ0n) is 13.6. The average molecular weight is 352 g/mol. The van der Waals surface area contributed by atoms with Crippen LogP contribution in [0.4, 0.5) is 10.5 Å². The molecule has 1 heterocycles. The van der Waals surface area contributed by atoms with Crippen LogP contribution in [-0.4, -0.2) is 23.9 Å². The van der Waals surface area contributed by atoms with E-state index in [4.69, 9.17) is 14.6 Å². The van der Waals surface area contributed by atoms with Gasteiger partial charge in [0.25, 0.3) is 0 Å². The van der Waals surface area contributed by atoms with E-state index in [1.165, 1.54) is 30.5 Å². The van der Waals surface area contributed by atoms with E-state index in [9.17, 15) is 9.59 Å². The van der Waals surface area contributed by atoms with Crippen molar-refractivity contribution >= 4 is 23.8 Å². The Hall–Kier alpha value is -3.74. The minimum atomic E-state index is -1.02. The molecule has 132 valence electrons. The Morgan fingerprint density at radius 3 is 2.54 bits per heavy atom. The number of anilines is 1. The molecule has 0 saturated carbocycles. The molecule has 0 saturated heterocycles. The van der Waals surface area contributed by atoms with Gasteiger partial charge >= 0.3 is 12.0 Å². The number of fused-ring (bicyclic) bond motifs is 1. The summed E-state index contributed by atoms with van der Waals surface area (Å²) in [6.07, 6.45) is 6.81. The van der Waals surface area contributed by atoms with Gasteiger partial charge in [0.15, 0.2) is 11.5 Å². The highest BCUT2D eigenvalue weighted by Crippen LogP contribution is 2.32. The Bertz CT molecular complexity index is 872. The number of ether oxygens (including phenoxy) is 2. The molecule has 0 aliphatic carbocycles. The smallest absolute Gasteiger partial charge is 0.335 e. The lowest BCUT2D eigenvalue weighted by Gasteiger charge is -2.04. The number of carbonyl (C=O) groups excluding carboxylic acids is 1. The number of carbonyl (C=O) groups is 2. The first-order valence-corrected chi connectivity index (χ1v) is 7.75. The molecule has 2 aromatic rings. The van der Waals surface area contributed by atoms with Crippen LogP contribution in [0.15, 0.2) is 60.8 Å². The molecule has 26 heavy (non-hydrogen) atoms. The van der Waals surface area contributed by atoms with Gasteiger partial charge in [-0.25, -0.2) is 9.59 Å². The number of hydrogen-bond acceptors (Lipinski definition) is 4. The van der Waals surface area contributed by atoms with E-state index in [1.807, 2.05) is 24.3 Å². The molecular formula is C19H16N2O5. The van der Waals surface area contributed by atoms with Crippen LogP contribution in [0, 0.1) is 0 Å². The SMILES string of the molecule is O=C(N/C=C/C=C/c1ccc2c(c1)OCO2)Nc1ccc(C(=O)O)cc1. The lowest BCUT2D eigenvalue weighted by molar-refractivity contribution is 0.0697. The standard InChI is InChI=1S/C19H16N2O5/c22-18(23)14-5-7-15(8-6-14)21-19(24)20-10-2-1-3-13-4-9-16-17(11-13)26-12-25-16/h1-11H,12H2,(H,22,23)(H2,20,21,24)/b3-1+,10-2+. The van der Waals surface area contributed by atoms with E-state index < -0.39 is 12.0 Å². The quantitative estimate of drug-likeness (QED) is 0.716. The Morgan fingerprint density at radius 2 is 1.77 bits per heavy atom. The first-order chi connectivity index (χ1) is 12.6. The summed E-state index contributed by atoms with van der Waals surface area (Å²) in [5, 5.41) is 14.0. The molecule has 3 rings (SSSR count). The molecule has 1 aliphatic heterocycles. The van der Waals surface area contributed by atoms with Crippen LogP contribution in [0.5, 0.6) is 11.5 Å². The van der Waals surface area contributed by atoms with Gasteiger partial charge in [-0.05, 0) is 48.0 Å². The van der Waals surface area contributed by atoms with Crippen molar-refractivity contribution in [3.8, 4) is 11.5 Å². The van der Waals surface area contributed by atoms with E-state index in [2.05, 4.69) is 10.6 Å². The number of rotatable bonds is 5. The van der Waals surface area contributed by atoms with Crippen molar-refractivity contribution in [2.75, 3.05) is 12.1 Å². The molecule has 2 amide bonds. The summed E-state index contributed by atoms with van der Waals surface area (Å²) in [5.41, 5.74) is 1.60. The summed E-state index contributed by atoms with van der Waals surface area (Å²) < 4.78 is 10.5. The average Bonchev–Trinajstić information content (AvgIpc) is 3.09. The van der Waals surface area contributed by atoms with Crippen LogP contribution in [0.1, 0.15) is 15.9 Å². The van der Waals surface area contributed by atoms with Gasteiger partial charge < -0.3 is 25.2 Å². The molecule has 0 atom stereocenters. The van der Waals surface area contributed by atoms with Crippen molar-refractivity contribution in [2.24, 2.45) is 0 Å². The summed E-state index contributed by atoms with van der Waals surface area (Å²) in [6.45, 7) is 0.237. The Morgan fingerprint density at radius 1 is 1.00 bits per heavy atom. The van der Waals surface area contributed by atoms with Crippen LogP contribution < -0.4 is 20.1 Å². The van der Waals surface area contributed by atoms with Gasteiger partial charge in [-0.15, -0.1) is 0 Å². The van der Waals surface area contributed by atoms with E-state index in [1.54, 1.807) is 12.2 Å². The summed E-state index contributed by atoms with van der Waals surface area (Å²) in [4.78, 5) is 22.5. The van der Waals surface area contributed by atoms with Gasteiger partial charge in [0.05, 0.1) is 5.56 Å². The molecule has 3 N–H and O–H groups in total. The topological polar surface area (TPSA) is 96.9 Å². The fourth-order valence-corrected chi connectivity index (χ4v) is 2.23. The van der Waals surface area contributed by atoms with Crippen molar-refractivity contribution in [1.82, 2.24) is 5.32 Å². The van der Waals surface area contributed by atoms with Crippen molar-refractivity contribution in [3.05, 3.63) is 71.9 Å². The maximum absolute atomic E-state index is 11.7. The lowest BCUT2D eigenvalue weighted by atomic mass is 10.2. The number of aromatic carboxylic acids is 1. The molecule has 0 radical (unpaired) electrons. The van der Waals surface area contributed by atoms with Crippen LogP contribution in [-0.2, 0) is 0 Å². The van der Waals surface area contributed by atoms with Gasteiger partial charge in [0.1, 0.15) is 0 Å². The monoisotopic (exact) mass is 352 g/mol. The maximum atomic E-state index is 11.7. The van der Waals surface area contributed by atoms with Crippen molar-refractivity contribution in [1.29, 1.82) is 0 Å². The summed E-state index contributed by atoms with van der Waals surface area (Å²) in [6, 6.07) is 11.1. The molecule has 0 spiro atoms. The zero-order chi connectivity index (χ0) is 18.4. The second kappa shape index (κ2) is 7.89. The summed E-state index contributed by atoms with van der Waals surface area (Å²) in [7, 11) is 0. The molecule has 1 aliphatic rings. The Balaban J connectivity index is 1.47. The van der Waals surface area contributed by atoms with E-state index in [-0.39, 0.29) is 12.4 Å². The first kappa shape index (κ1) is 17.1. The number of allylic oxidation sites excluding steroid dienone is 2.